The van der Waals surface area contributed by atoms with Crippen LogP contribution in [-0.2, 0) is 66.7 Å². The molecule has 0 radical (unpaired) electrons. The molecule has 5 heteroatoms. The van der Waals surface area contributed by atoms with Gasteiger partial charge >= 0.3 is 21.7 Å². The van der Waals surface area contributed by atoms with Gasteiger partial charge in [-0.2, -0.15) is 11.6 Å². The van der Waals surface area contributed by atoms with Crippen LogP contribution in [0.2, 0.25) is 0 Å². The molecule has 0 bridgehead atoms. The van der Waals surface area contributed by atoms with Crippen LogP contribution in [0, 0.1) is 0 Å². The predicted octanol–water partition coefficient (Wildman–Crippen LogP) is 7.87. The number of halogens is 3. The van der Waals surface area contributed by atoms with Crippen molar-refractivity contribution in [2.75, 3.05) is 0 Å². The maximum absolute atomic E-state index is 2.86. The van der Waals surface area contributed by atoms with Crippen LogP contribution < -0.4 is 58.0 Å². The zero-order valence-corrected chi connectivity index (χ0v) is 49.7. The monoisotopic (exact) mass is 1040 g/mol. The first-order valence-corrected chi connectivity index (χ1v) is 30.1. The van der Waals surface area contributed by atoms with E-state index >= 15 is 0 Å². The zero-order chi connectivity index (χ0) is 45.7. The normalized spacial score (nSPS) is 11.2. The van der Waals surface area contributed by atoms with Crippen LogP contribution in [0.1, 0.15) is 254 Å². The fraction of sp³-hybridized carbons (Fsp3) is 0.635. The van der Waals surface area contributed by atoms with Gasteiger partial charge in [-0.05, 0) is 110 Å². The van der Waals surface area contributed by atoms with Gasteiger partial charge in [0.1, 0.15) is 8.07 Å². The van der Waals surface area contributed by atoms with E-state index in [-0.39, 0.29) is 58.9 Å². The van der Waals surface area contributed by atoms with Crippen LogP contribution in [0.25, 0.3) is 0 Å². The second kappa shape index (κ2) is 40.3. The minimum Gasteiger partial charge on any atom is -1.00 e. The summed E-state index contributed by atoms with van der Waals surface area (Å²) in [4.78, 5) is 0. The molecule has 4 aromatic rings. The Bertz CT molecular complexity index is 1570. The van der Waals surface area contributed by atoms with E-state index < -0.39 is 8.07 Å². The van der Waals surface area contributed by atoms with Crippen molar-refractivity contribution in [3.05, 3.63) is 112 Å². The minimum absolute atomic E-state index is 0. The van der Waals surface area contributed by atoms with Gasteiger partial charge in [0.25, 0.3) is 0 Å². The predicted molar refractivity (Wildman–Crippen MR) is 291 cm³/mol. The average molecular weight is 1040 g/mol. The Labute approximate surface area is 456 Å². The summed E-state index contributed by atoms with van der Waals surface area (Å²) in [7, 11) is -2.86. The molecule has 0 N–H and O–H groups in total. The molecule has 4 aromatic carbocycles. The zero-order valence-electron chi connectivity index (χ0n) is 44.9. The van der Waals surface area contributed by atoms with Crippen molar-refractivity contribution in [3.63, 3.8) is 0 Å². The van der Waals surface area contributed by atoms with Gasteiger partial charge in [-0.1, -0.05) is 253 Å². The number of rotatable bonds is 37. The van der Waals surface area contributed by atoms with Crippen molar-refractivity contribution < 1.29 is 58.9 Å². The van der Waals surface area contributed by atoms with Crippen LogP contribution >= 0.6 is 0 Å². The molecule has 0 fully saturated rings. The molecule has 380 valence electrons. The van der Waals surface area contributed by atoms with Crippen LogP contribution in [0.3, 0.4) is 0 Å². The van der Waals surface area contributed by atoms with Crippen LogP contribution in [-0.4, -0.2) is 8.07 Å². The van der Waals surface area contributed by atoms with Crippen molar-refractivity contribution in [1.29, 1.82) is 0 Å². The number of benzene rings is 3. The van der Waals surface area contributed by atoms with Gasteiger partial charge in [-0.3, -0.25) is 0 Å². The summed E-state index contributed by atoms with van der Waals surface area (Å²) in [6.45, 7) is 16.5. The number of hydrogen-bond acceptors (Lipinski definition) is 0. The second-order valence-electron chi connectivity index (χ2n) is 20.3. The molecular weight excluding hydrogens is 939 g/mol. The van der Waals surface area contributed by atoms with E-state index in [1.807, 2.05) is 0 Å². The molecule has 4 rings (SSSR count). The van der Waals surface area contributed by atoms with Crippen molar-refractivity contribution in [2.45, 2.75) is 260 Å². The fourth-order valence-electron chi connectivity index (χ4n) is 10.7. The molecule has 0 nitrogen and oxygen atoms in total. The quantitative estimate of drug-likeness (QED) is 0.0187. The molecule has 0 saturated carbocycles. The van der Waals surface area contributed by atoms with E-state index in [9.17, 15) is 0 Å². The number of unbranched alkanes of at least 4 members (excludes halogenated alkanes) is 19. The number of aryl methyl sites for hydroxylation is 7. The molecule has 0 aliphatic rings. The summed E-state index contributed by atoms with van der Waals surface area (Å²) in [5.41, 5.74) is 11.2. The van der Waals surface area contributed by atoms with Crippen LogP contribution in [0.4, 0.5) is 0 Å². The minimum atomic E-state index is -2.86. The first kappa shape index (κ1) is 66.8. The SMILES string of the molecule is CCCCCCc1cc(CCCCCC)cc([Si](c2cc(CCCCCC)cc(CCCCCC)c2)(c2cc(CCCCCC)cc(CCCCCC)c2)[c-]2cccc2CCCC)c1.[Cl-].[Cl-].[Cl-].[Ti+4]. The Morgan fingerprint density at radius 2 is 0.559 bits per heavy atom. The van der Waals surface area contributed by atoms with Gasteiger partial charge in [-0.15, -0.1) is 5.19 Å². The summed E-state index contributed by atoms with van der Waals surface area (Å²) in [5.74, 6) is 0. The van der Waals surface area contributed by atoms with Gasteiger partial charge < -0.3 is 37.2 Å². The first-order chi connectivity index (χ1) is 31.5. The van der Waals surface area contributed by atoms with Gasteiger partial charge in [0.05, 0.1) is 0 Å². The van der Waals surface area contributed by atoms with Crippen LogP contribution in [0.5, 0.6) is 0 Å². The fourth-order valence-corrected chi connectivity index (χ4v) is 16.1. The van der Waals surface area contributed by atoms with E-state index in [0.717, 1.165) is 0 Å². The molecule has 68 heavy (non-hydrogen) atoms. The van der Waals surface area contributed by atoms with Gasteiger partial charge in [0.15, 0.2) is 0 Å². The van der Waals surface area contributed by atoms with E-state index in [0.29, 0.717) is 0 Å². The Balaban J connectivity index is 0.0000112. The Kier molecular flexibility index (Phi) is 39.6. The molecule has 0 amide bonds. The molecule has 0 unspecified atom stereocenters. The largest absolute Gasteiger partial charge is 4.00 e. The van der Waals surface area contributed by atoms with Crippen molar-refractivity contribution in [2.24, 2.45) is 0 Å². The summed E-state index contributed by atoms with van der Waals surface area (Å²) in [5, 5.41) is 6.72. The standard InChI is InChI=1S/C63H99Si.3ClH.Ti/c1-8-15-22-28-35-53-44-54(36-29-23-16-9-2)48-60(47-53)64(63-43-34-42-59(63)41-21-14-7,61-49-55(37-30-24-17-10-3)45-56(50-61)38-31-25-18-11-4)62-51-57(39-32-26-19-12-5)46-58(52-62)40-33-27-20-13-6;;;;/h34,42-52H,8-33,35-41H2,1-7H3;3*1H;/q-1;;;;+4/p-3. The van der Waals surface area contributed by atoms with Gasteiger partial charge in [0, 0.05) is 0 Å². The Morgan fingerprint density at radius 3 is 0.794 bits per heavy atom. The third kappa shape index (κ3) is 22.3. The molecule has 0 aromatic heterocycles. The molecule has 0 saturated heterocycles. The van der Waals surface area contributed by atoms with Gasteiger partial charge in [-0.25, -0.2) is 12.1 Å². The molecule has 0 aliphatic carbocycles. The summed E-state index contributed by atoms with van der Waals surface area (Å²) in [6, 6.07) is 32.4. The van der Waals surface area contributed by atoms with E-state index in [1.165, 1.54) is 212 Å². The molecule has 0 aliphatic heterocycles. The molecule has 0 heterocycles. The molecule has 0 atom stereocenters. The summed E-state index contributed by atoms with van der Waals surface area (Å²) < 4.78 is 0. The molecular formula is C63H99Cl3SiTi. The number of hydrogen-bond donors (Lipinski definition) is 0. The average Bonchev–Trinajstić information content (AvgIpc) is 3.78. The maximum atomic E-state index is 2.80. The molecule has 0 spiro atoms. The van der Waals surface area contributed by atoms with Crippen molar-refractivity contribution >= 4 is 28.8 Å². The van der Waals surface area contributed by atoms with E-state index in [4.69, 9.17) is 0 Å². The van der Waals surface area contributed by atoms with Crippen molar-refractivity contribution in [1.82, 2.24) is 0 Å². The third-order valence-electron chi connectivity index (χ3n) is 14.5. The maximum Gasteiger partial charge on any atom is 4.00 e. The van der Waals surface area contributed by atoms with E-state index in [1.54, 1.807) is 59.7 Å². The van der Waals surface area contributed by atoms with Crippen LogP contribution in [0.15, 0.2) is 72.8 Å². The van der Waals surface area contributed by atoms with Gasteiger partial charge in [0.2, 0.25) is 0 Å². The summed E-state index contributed by atoms with van der Waals surface area (Å²) >= 11 is 0. The topological polar surface area (TPSA) is 0 Å². The van der Waals surface area contributed by atoms with Crippen molar-refractivity contribution in [3.8, 4) is 0 Å². The smallest absolute Gasteiger partial charge is 1.00 e. The first-order valence-electron chi connectivity index (χ1n) is 28.1. The second-order valence-corrected chi connectivity index (χ2v) is 24.1. The van der Waals surface area contributed by atoms with E-state index in [2.05, 4.69) is 121 Å². The third-order valence-corrected chi connectivity index (χ3v) is 19.2. The Hall–Kier alpha value is -1.19. The summed E-state index contributed by atoms with van der Waals surface area (Å²) in [6.07, 6.45) is 42.4. The Morgan fingerprint density at radius 1 is 0.309 bits per heavy atom.